The standard InChI is InChI=1S/C17H34N4O.HI/c1-6-18-16(19-11-8-15(22)21(4)5)20-13-17(9-7-10-17)12-14(2)3;/h14H,6-13H2,1-5H3,(H2,18,19,20);1H. The highest BCUT2D eigenvalue weighted by Crippen LogP contribution is 2.46. The Kier molecular flexibility index (Phi) is 10.8. The summed E-state index contributed by atoms with van der Waals surface area (Å²) in [5.41, 5.74) is 0.413. The Morgan fingerprint density at radius 2 is 1.91 bits per heavy atom. The fourth-order valence-corrected chi connectivity index (χ4v) is 3.07. The van der Waals surface area contributed by atoms with E-state index < -0.39 is 0 Å². The summed E-state index contributed by atoms with van der Waals surface area (Å²) >= 11 is 0. The molecule has 1 amide bonds. The lowest BCUT2D eigenvalue weighted by Crippen LogP contribution is -2.41. The van der Waals surface area contributed by atoms with E-state index in [4.69, 9.17) is 4.99 Å². The maximum absolute atomic E-state index is 11.6. The molecule has 0 atom stereocenters. The highest BCUT2D eigenvalue weighted by Gasteiger charge is 2.37. The van der Waals surface area contributed by atoms with Gasteiger partial charge in [-0.1, -0.05) is 20.3 Å². The lowest BCUT2D eigenvalue weighted by Gasteiger charge is -2.42. The van der Waals surface area contributed by atoms with Crippen LogP contribution in [0.15, 0.2) is 4.99 Å². The minimum atomic E-state index is 0. The normalized spacial score (nSPS) is 16.3. The lowest BCUT2D eigenvalue weighted by molar-refractivity contribution is -0.128. The van der Waals surface area contributed by atoms with Gasteiger partial charge in [-0.05, 0) is 37.5 Å². The van der Waals surface area contributed by atoms with E-state index in [0.717, 1.165) is 25.0 Å². The maximum atomic E-state index is 11.6. The monoisotopic (exact) mass is 438 g/mol. The topological polar surface area (TPSA) is 56.7 Å². The van der Waals surface area contributed by atoms with Crippen LogP contribution in [0.25, 0.3) is 0 Å². The molecule has 1 aliphatic rings. The number of aliphatic imine (C=N–C) groups is 1. The molecule has 23 heavy (non-hydrogen) atoms. The first kappa shape index (κ1) is 22.5. The van der Waals surface area contributed by atoms with Crippen LogP contribution in [0.2, 0.25) is 0 Å². The molecule has 0 aromatic heterocycles. The molecule has 6 heteroatoms. The second-order valence-corrected chi connectivity index (χ2v) is 7.11. The van der Waals surface area contributed by atoms with Crippen molar-refractivity contribution in [3.05, 3.63) is 0 Å². The molecule has 2 N–H and O–H groups in total. The Bertz CT molecular complexity index is 379. The molecule has 0 unspecified atom stereocenters. The number of hydrogen-bond acceptors (Lipinski definition) is 2. The van der Waals surface area contributed by atoms with Gasteiger partial charge in [0.2, 0.25) is 5.91 Å². The highest BCUT2D eigenvalue weighted by molar-refractivity contribution is 14.0. The second-order valence-electron chi connectivity index (χ2n) is 7.11. The van der Waals surface area contributed by atoms with Crippen molar-refractivity contribution in [1.29, 1.82) is 0 Å². The Morgan fingerprint density at radius 1 is 1.26 bits per heavy atom. The number of amides is 1. The van der Waals surface area contributed by atoms with Crippen molar-refractivity contribution in [3.63, 3.8) is 0 Å². The number of guanidine groups is 1. The van der Waals surface area contributed by atoms with Crippen molar-refractivity contribution < 1.29 is 4.79 Å². The molecular weight excluding hydrogens is 403 g/mol. The van der Waals surface area contributed by atoms with Crippen LogP contribution in [-0.4, -0.2) is 50.5 Å². The van der Waals surface area contributed by atoms with Crippen LogP contribution in [0.3, 0.4) is 0 Å². The molecule has 1 fully saturated rings. The van der Waals surface area contributed by atoms with Gasteiger partial charge in [-0.3, -0.25) is 9.79 Å². The van der Waals surface area contributed by atoms with Crippen molar-refractivity contribution in [2.75, 3.05) is 33.7 Å². The van der Waals surface area contributed by atoms with Crippen LogP contribution in [0.1, 0.15) is 52.9 Å². The zero-order chi connectivity index (χ0) is 16.6. The third-order valence-electron chi connectivity index (χ3n) is 4.30. The zero-order valence-corrected chi connectivity index (χ0v) is 17.8. The van der Waals surface area contributed by atoms with Gasteiger partial charge in [0, 0.05) is 40.2 Å². The Balaban J connectivity index is 0.00000484. The SMILES string of the molecule is CCNC(=NCC1(CC(C)C)CCC1)NCCC(=O)N(C)C.I. The van der Waals surface area contributed by atoms with Crippen molar-refractivity contribution in [2.24, 2.45) is 16.3 Å². The minimum absolute atomic E-state index is 0. The fourth-order valence-electron chi connectivity index (χ4n) is 3.07. The smallest absolute Gasteiger partial charge is 0.223 e. The van der Waals surface area contributed by atoms with E-state index in [2.05, 4.69) is 31.4 Å². The van der Waals surface area contributed by atoms with Crippen molar-refractivity contribution >= 4 is 35.8 Å². The third-order valence-corrected chi connectivity index (χ3v) is 4.30. The number of rotatable bonds is 8. The second kappa shape index (κ2) is 11.1. The summed E-state index contributed by atoms with van der Waals surface area (Å²) in [4.78, 5) is 18.0. The van der Waals surface area contributed by atoms with E-state index in [0.29, 0.717) is 18.4 Å². The number of carbonyl (C=O) groups is 1. The number of nitrogens with one attached hydrogen (secondary N) is 2. The highest BCUT2D eigenvalue weighted by atomic mass is 127. The van der Waals surface area contributed by atoms with Gasteiger partial charge in [0.1, 0.15) is 0 Å². The van der Waals surface area contributed by atoms with Gasteiger partial charge >= 0.3 is 0 Å². The third kappa shape index (κ3) is 8.22. The van der Waals surface area contributed by atoms with Crippen molar-refractivity contribution in [3.8, 4) is 0 Å². The first-order valence-corrected chi connectivity index (χ1v) is 8.61. The number of hydrogen-bond donors (Lipinski definition) is 2. The van der Waals surface area contributed by atoms with Crippen LogP contribution in [0.4, 0.5) is 0 Å². The largest absolute Gasteiger partial charge is 0.357 e. The predicted molar refractivity (Wildman–Crippen MR) is 108 cm³/mol. The van der Waals surface area contributed by atoms with Crippen LogP contribution in [0, 0.1) is 11.3 Å². The summed E-state index contributed by atoms with van der Waals surface area (Å²) in [5.74, 6) is 1.70. The molecule has 0 aliphatic heterocycles. The van der Waals surface area contributed by atoms with Gasteiger partial charge in [-0.15, -0.1) is 24.0 Å². The summed E-state index contributed by atoms with van der Waals surface area (Å²) in [6, 6.07) is 0. The van der Waals surface area contributed by atoms with Gasteiger partial charge in [0.15, 0.2) is 5.96 Å². The predicted octanol–water partition coefficient (Wildman–Crippen LogP) is 2.85. The number of halogens is 1. The zero-order valence-electron chi connectivity index (χ0n) is 15.4. The molecule has 136 valence electrons. The van der Waals surface area contributed by atoms with Gasteiger partial charge in [0.25, 0.3) is 0 Å². The summed E-state index contributed by atoms with van der Waals surface area (Å²) in [6.45, 7) is 9.00. The van der Waals surface area contributed by atoms with Gasteiger partial charge in [-0.2, -0.15) is 0 Å². The molecule has 0 aromatic carbocycles. The summed E-state index contributed by atoms with van der Waals surface area (Å²) in [7, 11) is 3.57. The number of nitrogens with zero attached hydrogens (tertiary/aromatic N) is 2. The maximum Gasteiger partial charge on any atom is 0.223 e. The molecule has 0 saturated heterocycles. The Hall–Kier alpha value is -0.530. The first-order chi connectivity index (χ1) is 10.4. The van der Waals surface area contributed by atoms with E-state index in [1.807, 2.05) is 0 Å². The molecule has 0 aromatic rings. The minimum Gasteiger partial charge on any atom is -0.357 e. The van der Waals surface area contributed by atoms with Crippen LogP contribution < -0.4 is 10.6 Å². The van der Waals surface area contributed by atoms with E-state index in [1.54, 1.807) is 19.0 Å². The van der Waals surface area contributed by atoms with Crippen molar-refractivity contribution in [2.45, 2.75) is 52.9 Å². The summed E-state index contributed by atoms with van der Waals surface area (Å²) in [5, 5.41) is 6.55. The quantitative estimate of drug-likeness (QED) is 0.348. The molecule has 0 heterocycles. The van der Waals surface area contributed by atoms with Crippen LogP contribution >= 0.6 is 24.0 Å². The molecule has 1 rings (SSSR count). The number of carbonyl (C=O) groups excluding carboxylic acids is 1. The first-order valence-electron chi connectivity index (χ1n) is 8.61. The molecular formula is C17H35IN4O. The average molecular weight is 438 g/mol. The molecule has 5 nitrogen and oxygen atoms in total. The molecule has 1 saturated carbocycles. The average Bonchev–Trinajstić information content (AvgIpc) is 2.40. The van der Waals surface area contributed by atoms with E-state index >= 15 is 0 Å². The molecule has 0 bridgehead atoms. The molecule has 0 radical (unpaired) electrons. The van der Waals surface area contributed by atoms with Crippen LogP contribution in [-0.2, 0) is 4.79 Å². The van der Waals surface area contributed by atoms with Gasteiger partial charge < -0.3 is 15.5 Å². The summed E-state index contributed by atoms with van der Waals surface area (Å²) < 4.78 is 0. The van der Waals surface area contributed by atoms with E-state index in [-0.39, 0.29) is 29.9 Å². The van der Waals surface area contributed by atoms with Gasteiger partial charge in [-0.25, -0.2) is 0 Å². The fraction of sp³-hybridized carbons (Fsp3) is 0.882. The summed E-state index contributed by atoms with van der Waals surface area (Å²) in [6.07, 6.45) is 5.69. The van der Waals surface area contributed by atoms with Crippen LogP contribution in [0.5, 0.6) is 0 Å². The van der Waals surface area contributed by atoms with Gasteiger partial charge in [0.05, 0.1) is 0 Å². The van der Waals surface area contributed by atoms with E-state index in [9.17, 15) is 4.79 Å². The lowest BCUT2D eigenvalue weighted by atomic mass is 9.64. The Labute approximate surface area is 159 Å². The molecule has 0 spiro atoms. The molecule has 1 aliphatic carbocycles. The Morgan fingerprint density at radius 3 is 2.35 bits per heavy atom. The van der Waals surface area contributed by atoms with Crippen molar-refractivity contribution in [1.82, 2.24) is 15.5 Å². The van der Waals surface area contributed by atoms with E-state index in [1.165, 1.54) is 25.7 Å².